The van der Waals surface area contributed by atoms with Crippen LogP contribution in [0.3, 0.4) is 0 Å². The van der Waals surface area contributed by atoms with E-state index in [1.54, 1.807) is 17.8 Å². The normalized spacial score (nSPS) is 15.5. The second kappa shape index (κ2) is 8.23. The van der Waals surface area contributed by atoms with Crippen LogP contribution in [0.4, 0.5) is 11.4 Å². The molecule has 4 nitrogen and oxygen atoms in total. The quantitative estimate of drug-likeness (QED) is 0.633. The van der Waals surface area contributed by atoms with Crippen LogP contribution < -0.4 is 4.90 Å². The molecule has 0 fully saturated rings. The van der Waals surface area contributed by atoms with Gasteiger partial charge in [-0.3, -0.25) is 4.99 Å². The fourth-order valence-corrected chi connectivity index (χ4v) is 4.29. The number of anilines is 1. The number of esters is 1. The first-order valence-corrected chi connectivity index (χ1v) is 10.0. The van der Waals surface area contributed by atoms with E-state index in [1.807, 2.05) is 26.2 Å². The van der Waals surface area contributed by atoms with Crippen molar-refractivity contribution in [1.29, 1.82) is 0 Å². The Kier molecular flexibility index (Phi) is 5.94. The van der Waals surface area contributed by atoms with Crippen LogP contribution in [0.25, 0.3) is 6.08 Å². The second-order valence-corrected chi connectivity index (χ2v) is 9.38. The molecule has 0 saturated heterocycles. The smallest absolute Gasteiger partial charge is 0.337 e. The highest BCUT2D eigenvalue weighted by Gasteiger charge is 2.26. The Morgan fingerprint density at radius 2 is 1.86 bits per heavy atom. The number of allylic oxidation sites excluding steroid dienone is 1. The van der Waals surface area contributed by atoms with Crippen LogP contribution in [-0.2, 0) is 4.74 Å². The molecule has 0 atom stereocenters. The summed E-state index contributed by atoms with van der Waals surface area (Å²) in [4.78, 5) is 19.8. The van der Waals surface area contributed by atoms with Gasteiger partial charge in [-0.15, -0.1) is 11.8 Å². The molecule has 146 valence electrons. The van der Waals surface area contributed by atoms with E-state index in [1.165, 1.54) is 12.8 Å². The van der Waals surface area contributed by atoms with Crippen molar-refractivity contribution in [3.05, 3.63) is 59.7 Å². The Bertz CT molecular complexity index is 928. The molecule has 0 aromatic heterocycles. The number of carbonyl (C=O) groups is 1. The second-order valence-electron chi connectivity index (χ2n) is 7.64. The number of methoxy groups -OCH3 is 1. The molecule has 0 bridgehead atoms. The molecule has 0 spiro atoms. The van der Waals surface area contributed by atoms with E-state index in [0.29, 0.717) is 5.56 Å². The molecular formula is C23H26N2O2S. The van der Waals surface area contributed by atoms with Crippen LogP contribution >= 0.6 is 11.8 Å². The van der Waals surface area contributed by atoms with E-state index >= 15 is 0 Å². The molecule has 0 amide bonds. The maximum absolute atomic E-state index is 11.9. The summed E-state index contributed by atoms with van der Waals surface area (Å²) >= 11 is 1.75. The van der Waals surface area contributed by atoms with Crippen LogP contribution in [0, 0.1) is 0 Å². The topological polar surface area (TPSA) is 41.9 Å². The number of benzene rings is 2. The van der Waals surface area contributed by atoms with Gasteiger partial charge in [0.15, 0.2) is 0 Å². The number of aliphatic imine (C=N–C) groups is 1. The van der Waals surface area contributed by atoms with Gasteiger partial charge in [0.25, 0.3) is 0 Å². The summed E-state index contributed by atoms with van der Waals surface area (Å²) < 4.78 is 4.81. The van der Waals surface area contributed by atoms with E-state index in [4.69, 9.17) is 9.73 Å². The average Bonchev–Trinajstić information content (AvgIpc) is 2.79. The van der Waals surface area contributed by atoms with E-state index in [9.17, 15) is 4.79 Å². The lowest BCUT2D eigenvalue weighted by atomic mass is 10.0. The third-order valence-electron chi connectivity index (χ3n) is 4.52. The largest absolute Gasteiger partial charge is 0.465 e. The molecule has 1 heterocycles. The van der Waals surface area contributed by atoms with Gasteiger partial charge < -0.3 is 9.64 Å². The van der Waals surface area contributed by atoms with Crippen LogP contribution in [0.5, 0.6) is 0 Å². The summed E-state index contributed by atoms with van der Waals surface area (Å²) in [6, 6.07) is 14.0. The SMILES string of the molecule is COC(=O)c1ccc2c(c1)SC(C)(C)CC(/C=C/c1ccc(N(C)C)cc1)=N2. The van der Waals surface area contributed by atoms with E-state index in [2.05, 4.69) is 55.2 Å². The highest BCUT2D eigenvalue weighted by molar-refractivity contribution is 8.00. The monoisotopic (exact) mass is 394 g/mol. The summed E-state index contributed by atoms with van der Waals surface area (Å²) in [5.74, 6) is -0.323. The molecule has 2 aromatic carbocycles. The Morgan fingerprint density at radius 3 is 2.50 bits per heavy atom. The van der Waals surface area contributed by atoms with Crippen molar-refractivity contribution in [3.8, 4) is 0 Å². The molecule has 1 aliphatic heterocycles. The molecule has 0 N–H and O–H groups in total. The number of fused-ring (bicyclic) bond motifs is 1. The zero-order valence-electron chi connectivity index (χ0n) is 17.0. The number of ether oxygens (including phenoxy) is 1. The zero-order valence-corrected chi connectivity index (χ0v) is 17.8. The summed E-state index contributed by atoms with van der Waals surface area (Å²) in [6.07, 6.45) is 5.04. The van der Waals surface area contributed by atoms with Crippen LogP contribution in [0.2, 0.25) is 0 Å². The van der Waals surface area contributed by atoms with Crippen LogP contribution in [-0.4, -0.2) is 37.6 Å². The third kappa shape index (κ3) is 4.84. The molecule has 5 heteroatoms. The lowest BCUT2D eigenvalue weighted by molar-refractivity contribution is 0.0600. The van der Waals surface area contributed by atoms with Gasteiger partial charge >= 0.3 is 5.97 Å². The Hall–Kier alpha value is -2.53. The molecule has 0 radical (unpaired) electrons. The lowest BCUT2D eigenvalue weighted by Gasteiger charge is -2.22. The molecular weight excluding hydrogens is 368 g/mol. The van der Waals surface area contributed by atoms with Crippen molar-refractivity contribution < 1.29 is 9.53 Å². The predicted octanol–water partition coefficient (Wildman–Crippen LogP) is 5.60. The van der Waals surface area contributed by atoms with Gasteiger partial charge in [-0.1, -0.05) is 18.2 Å². The lowest BCUT2D eigenvalue weighted by Crippen LogP contribution is -2.17. The number of rotatable bonds is 4. The third-order valence-corrected chi connectivity index (χ3v) is 5.76. The summed E-state index contributed by atoms with van der Waals surface area (Å²) in [5, 5.41) is 0. The van der Waals surface area contributed by atoms with Gasteiger partial charge in [-0.2, -0.15) is 0 Å². The molecule has 1 aliphatic rings. The molecule has 3 rings (SSSR count). The summed E-state index contributed by atoms with van der Waals surface area (Å²) in [6.45, 7) is 4.40. The van der Waals surface area contributed by atoms with Crippen molar-refractivity contribution in [2.24, 2.45) is 4.99 Å². The number of thioether (sulfide) groups is 1. The molecule has 0 saturated carbocycles. The highest BCUT2D eigenvalue weighted by atomic mass is 32.2. The van der Waals surface area contributed by atoms with Crippen LogP contribution in [0.15, 0.2) is 58.4 Å². The maximum atomic E-state index is 11.9. The van der Waals surface area contributed by atoms with Gasteiger partial charge in [-0.25, -0.2) is 4.79 Å². The van der Waals surface area contributed by atoms with Gasteiger partial charge in [0, 0.05) is 41.6 Å². The van der Waals surface area contributed by atoms with Crippen molar-refractivity contribution in [1.82, 2.24) is 0 Å². The fraction of sp³-hybridized carbons (Fsp3) is 0.304. The van der Waals surface area contributed by atoms with E-state index in [-0.39, 0.29) is 10.7 Å². The van der Waals surface area contributed by atoms with E-state index < -0.39 is 0 Å². The number of hydrogen-bond acceptors (Lipinski definition) is 5. The molecule has 0 aliphatic carbocycles. The number of nitrogens with zero attached hydrogens (tertiary/aromatic N) is 2. The predicted molar refractivity (Wildman–Crippen MR) is 119 cm³/mol. The molecule has 2 aromatic rings. The molecule has 28 heavy (non-hydrogen) atoms. The Morgan fingerprint density at radius 1 is 1.14 bits per heavy atom. The van der Waals surface area contributed by atoms with Crippen LogP contribution in [0.1, 0.15) is 36.2 Å². The minimum Gasteiger partial charge on any atom is -0.465 e. The Labute approximate surface area is 171 Å². The standard InChI is InChI=1S/C23H26N2O2S/c1-23(2)15-18(10-6-16-7-11-19(12-8-16)25(3)4)24-20-13-9-17(22(26)27-5)14-21(20)28-23/h6-14H,15H2,1-5H3/b10-6+. The van der Waals surface area contributed by atoms with Gasteiger partial charge in [0.2, 0.25) is 0 Å². The maximum Gasteiger partial charge on any atom is 0.337 e. The van der Waals surface area contributed by atoms with Crippen molar-refractivity contribution in [3.63, 3.8) is 0 Å². The van der Waals surface area contributed by atoms with Gasteiger partial charge in [-0.05, 0) is 55.8 Å². The summed E-state index contributed by atoms with van der Waals surface area (Å²) in [5.41, 5.74) is 4.80. The molecule has 0 unspecified atom stereocenters. The fourth-order valence-electron chi connectivity index (χ4n) is 3.07. The average molecular weight is 395 g/mol. The zero-order chi connectivity index (χ0) is 20.3. The Balaban J connectivity index is 1.90. The van der Waals surface area contributed by atoms with E-state index in [0.717, 1.165) is 28.3 Å². The van der Waals surface area contributed by atoms with Gasteiger partial charge in [0.1, 0.15) is 0 Å². The van der Waals surface area contributed by atoms with Crippen molar-refractivity contribution in [2.45, 2.75) is 29.9 Å². The minimum absolute atomic E-state index is 0.0298. The first-order valence-electron chi connectivity index (χ1n) is 9.22. The first kappa shape index (κ1) is 20.2. The summed E-state index contributed by atoms with van der Waals surface area (Å²) in [7, 11) is 5.47. The minimum atomic E-state index is -0.323. The van der Waals surface area contributed by atoms with Gasteiger partial charge in [0.05, 0.1) is 18.4 Å². The first-order chi connectivity index (χ1) is 13.3. The van der Waals surface area contributed by atoms with Crippen molar-refractivity contribution >= 4 is 40.9 Å². The van der Waals surface area contributed by atoms with Crippen molar-refractivity contribution in [2.75, 3.05) is 26.1 Å². The highest BCUT2D eigenvalue weighted by Crippen LogP contribution is 2.43. The number of hydrogen-bond donors (Lipinski definition) is 0. The number of carbonyl (C=O) groups excluding carboxylic acids is 1.